The third kappa shape index (κ3) is 6.02. The molecule has 3 aromatic rings. The lowest BCUT2D eigenvalue weighted by Crippen LogP contribution is -2.32. The number of nitrogens with zero attached hydrogens (tertiary/aromatic N) is 1. The summed E-state index contributed by atoms with van der Waals surface area (Å²) in [5.41, 5.74) is 4.53. The second kappa shape index (κ2) is 10.5. The Bertz CT molecular complexity index is 1160. The Kier molecular flexibility index (Phi) is 7.32. The van der Waals surface area contributed by atoms with E-state index in [1.807, 2.05) is 19.1 Å². The lowest BCUT2D eigenvalue weighted by molar-refractivity contribution is -0.136. The van der Waals surface area contributed by atoms with Crippen LogP contribution in [-0.2, 0) is 9.59 Å². The highest BCUT2D eigenvalue weighted by atomic mass is 16.5. The third-order valence-corrected chi connectivity index (χ3v) is 4.37. The topological polar surface area (TPSA) is 106 Å². The Labute approximate surface area is 184 Å². The fraction of sp³-hybridized carbons (Fsp3) is 0.0833. The van der Waals surface area contributed by atoms with E-state index in [2.05, 4.69) is 15.8 Å². The van der Waals surface area contributed by atoms with Gasteiger partial charge in [0, 0.05) is 11.8 Å². The van der Waals surface area contributed by atoms with E-state index >= 15 is 0 Å². The number of methoxy groups -OCH3 is 1. The number of ether oxygens (including phenoxy) is 2. The summed E-state index contributed by atoms with van der Waals surface area (Å²) in [5.74, 6) is -1.31. The molecule has 32 heavy (non-hydrogen) atoms. The average molecular weight is 431 g/mol. The van der Waals surface area contributed by atoms with Crippen LogP contribution in [0.3, 0.4) is 0 Å². The van der Waals surface area contributed by atoms with Gasteiger partial charge in [-0.15, -0.1) is 0 Å². The molecule has 0 heterocycles. The minimum absolute atomic E-state index is 0.372. The van der Waals surface area contributed by atoms with Crippen LogP contribution in [0.2, 0.25) is 0 Å². The molecule has 0 aliphatic carbocycles. The van der Waals surface area contributed by atoms with Crippen LogP contribution in [0.15, 0.2) is 77.9 Å². The number of nitrogens with one attached hydrogen (secondary N) is 2. The molecule has 3 rings (SSSR count). The van der Waals surface area contributed by atoms with Gasteiger partial charge in [-0.3, -0.25) is 9.59 Å². The first-order valence-corrected chi connectivity index (χ1v) is 9.62. The smallest absolute Gasteiger partial charge is 0.343 e. The molecule has 162 valence electrons. The van der Waals surface area contributed by atoms with Crippen molar-refractivity contribution in [3.8, 4) is 11.5 Å². The molecule has 0 unspecified atom stereocenters. The molecule has 0 fully saturated rings. The van der Waals surface area contributed by atoms with Crippen molar-refractivity contribution in [2.75, 3.05) is 12.4 Å². The molecule has 0 bridgehead atoms. The molecule has 2 amide bonds. The van der Waals surface area contributed by atoms with Gasteiger partial charge < -0.3 is 14.8 Å². The first kappa shape index (κ1) is 22.2. The van der Waals surface area contributed by atoms with Crippen molar-refractivity contribution < 1.29 is 23.9 Å². The number of hydrazone groups is 1. The first-order valence-electron chi connectivity index (χ1n) is 9.62. The quantitative estimate of drug-likeness (QED) is 0.205. The Morgan fingerprint density at radius 2 is 1.62 bits per heavy atom. The van der Waals surface area contributed by atoms with E-state index in [0.717, 1.165) is 5.56 Å². The zero-order valence-electron chi connectivity index (χ0n) is 17.5. The second-order valence-electron chi connectivity index (χ2n) is 6.66. The summed E-state index contributed by atoms with van der Waals surface area (Å²) in [4.78, 5) is 36.1. The predicted molar refractivity (Wildman–Crippen MR) is 120 cm³/mol. The van der Waals surface area contributed by atoms with E-state index in [-0.39, 0.29) is 0 Å². The van der Waals surface area contributed by atoms with Crippen LogP contribution in [-0.4, -0.2) is 31.1 Å². The number of carbonyl (C=O) groups is 3. The summed E-state index contributed by atoms with van der Waals surface area (Å²) >= 11 is 0. The monoisotopic (exact) mass is 431 g/mol. The van der Waals surface area contributed by atoms with E-state index < -0.39 is 17.8 Å². The molecule has 0 saturated carbocycles. The Morgan fingerprint density at radius 3 is 2.34 bits per heavy atom. The Balaban J connectivity index is 1.52. The van der Waals surface area contributed by atoms with E-state index in [4.69, 9.17) is 9.47 Å². The van der Waals surface area contributed by atoms with Crippen molar-refractivity contribution in [1.82, 2.24) is 5.43 Å². The fourth-order valence-electron chi connectivity index (χ4n) is 2.69. The maximum absolute atomic E-state index is 12.3. The van der Waals surface area contributed by atoms with Gasteiger partial charge in [-0.1, -0.05) is 24.3 Å². The molecule has 0 saturated heterocycles. The number of carbonyl (C=O) groups excluding carboxylic acids is 3. The number of amides is 2. The maximum Gasteiger partial charge on any atom is 0.343 e. The van der Waals surface area contributed by atoms with Crippen LogP contribution in [0.4, 0.5) is 5.69 Å². The molecule has 3 aromatic carbocycles. The van der Waals surface area contributed by atoms with Crippen LogP contribution in [0.25, 0.3) is 0 Å². The lowest BCUT2D eigenvalue weighted by Gasteiger charge is -2.07. The van der Waals surface area contributed by atoms with Crippen molar-refractivity contribution in [2.24, 2.45) is 5.10 Å². The number of anilines is 1. The van der Waals surface area contributed by atoms with E-state index in [1.165, 1.54) is 13.3 Å². The van der Waals surface area contributed by atoms with Gasteiger partial charge in [0.25, 0.3) is 0 Å². The van der Waals surface area contributed by atoms with Crippen molar-refractivity contribution >= 4 is 29.7 Å². The highest BCUT2D eigenvalue weighted by Crippen LogP contribution is 2.17. The van der Waals surface area contributed by atoms with Crippen LogP contribution in [0, 0.1) is 6.92 Å². The molecular weight excluding hydrogens is 410 g/mol. The SMILES string of the molecule is COc1cccc(NC(=O)C(=O)N/N=C\c2ccc(OC(=O)c3ccccc3C)cc2)c1. The van der Waals surface area contributed by atoms with Crippen molar-refractivity contribution in [1.29, 1.82) is 0 Å². The van der Waals surface area contributed by atoms with Crippen LogP contribution in [0.5, 0.6) is 11.5 Å². The van der Waals surface area contributed by atoms with E-state index in [1.54, 1.807) is 60.7 Å². The minimum Gasteiger partial charge on any atom is -0.497 e. The molecule has 2 N–H and O–H groups in total. The Morgan fingerprint density at radius 1 is 0.875 bits per heavy atom. The average Bonchev–Trinajstić information content (AvgIpc) is 2.80. The van der Waals surface area contributed by atoms with Gasteiger partial charge >= 0.3 is 17.8 Å². The Hall–Kier alpha value is -4.46. The van der Waals surface area contributed by atoms with Crippen LogP contribution < -0.4 is 20.2 Å². The number of hydrogen-bond acceptors (Lipinski definition) is 6. The number of hydrogen-bond donors (Lipinski definition) is 2. The van der Waals surface area contributed by atoms with Gasteiger partial charge in [0.05, 0.1) is 18.9 Å². The van der Waals surface area contributed by atoms with Crippen molar-refractivity contribution in [3.05, 3.63) is 89.5 Å². The zero-order chi connectivity index (χ0) is 22.9. The largest absolute Gasteiger partial charge is 0.497 e. The summed E-state index contributed by atoms with van der Waals surface area (Å²) in [7, 11) is 1.50. The summed E-state index contributed by atoms with van der Waals surface area (Å²) in [6, 6.07) is 20.3. The standard InChI is InChI=1S/C24H21N3O5/c1-16-6-3-4-9-21(16)24(30)32-19-12-10-17(11-13-19)15-25-27-23(29)22(28)26-18-7-5-8-20(14-18)31-2/h3-15H,1-2H3,(H,26,28)(H,27,29)/b25-15-. The molecule has 0 radical (unpaired) electrons. The molecule has 0 atom stereocenters. The molecule has 8 heteroatoms. The van der Waals surface area contributed by atoms with Gasteiger partial charge in [0.2, 0.25) is 0 Å². The molecular formula is C24H21N3O5. The second-order valence-corrected chi connectivity index (χ2v) is 6.66. The molecule has 8 nitrogen and oxygen atoms in total. The lowest BCUT2D eigenvalue weighted by atomic mass is 10.1. The summed E-state index contributed by atoms with van der Waals surface area (Å²) in [5, 5.41) is 6.22. The van der Waals surface area contributed by atoms with Crippen LogP contribution >= 0.6 is 0 Å². The highest BCUT2D eigenvalue weighted by molar-refractivity contribution is 6.39. The zero-order valence-corrected chi connectivity index (χ0v) is 17.5. The molecule has 0 aromatic heterocycles. The van der Waals surface area contributed by atoms with Gasteiger partial charge in [-0.25, -0.2) is 10.2 Å². The maximum atomic E-state index is 12.3. The molecule has 0 spiro atoms. The minimum atomic E-state index is -0.923. The number of aryl methyl sites for hydroxylation is 1. The number of benzene rings is 3. The third-order valence-electron chi connectivity index (χ3n) is 4.37. The summed E-state index contributed by atoms with van der Waals surface area (Å²) < 4.78 is 10.4. The summed E-state index contributed by atoms with van der Waals surface area (Å²) in [6.07, 6.45) is 1.36. The highest BCUT2D eigenvalue weighted by Gasteiger charge is 2.13. The predicted octanol–water partition coefficient (Wildman–Crippen LogP) is 3.31. The fourth-order valence-corrected chi connectivity index (χ4v) is 2.69. The molecule has 0 aliphatic heterocycles. The first-order chi connectivity index (χ1) is 15.5. The van der Waals surface area contributed by atoms with Crippen molar-refractivity contribution in [2.45, 2.75) is 6.92 Å². The van der Waals surface area contributed by atoms with Gasteiger partial charge in [0.15, 0.2) is 0 Å². The van der Waals surface area contributed by atoms with Gasteiger partial charge in [0.1, 0.15) is 11.5 Å². The number of esters is 1. The van der Waals surface area contributed by atoms with Gasteiger partial charge in [-0.2, -0.15) is 5.10 Å². The molecule has 0 aliphatic rings. The van der Waals surface area contributed by atoms with E-state index in [9.17, 15) is 14.4 Å². The van der Waals surface area contributed by atoms with Crippen molar-refractivity contribution in [3.63, 3.8) is 0 Å². The van der Waals surface area contributed by atoms with Gasteiger partial charge in [-0.05, 0) is 60.5 Å². The van der Waals surface area contributed by atoms with Crippen LogP contribution in [0.1, 0.15) is 21.5 Å². The number of rotatable bonds is 6. The summed E-state index contributed by atoms with van der Waals surface area (Å²) in [6.45, 7) is 1.83. The van der Waals surface area contributed by atoms with E-state index in [0.29, 0.717) is 28.3 Å². The normalized spacial score (nSPS) is 10.4.